The lowest BCUT2D eigenvalue weighted by atomic mass is 9.77. The van der Waals surface area contributed by atoms with Crippen LogP contribution in [0.2, 0.25) is 0 Å². The van der Waals surface area contributed by atoms with E-state index < -0.39 is 29.7 Å². The lowest BCUT2D eigenvalue weighted by molar-refractivity contribution is -0.146. The molecule has 4 heterocycles. The number of hydrogen-bond donors (Lipinski definition) is 1. The summed E-state index contributed by atoms with van der Waals surface area (Å²) in [4.78, 5) is 76.6. The molecule has 3 aliphatic heterocycles. The van der Waals surface area contributed by atoms with Crippen LogP contribution in [0.3, 0.4) is 0 Å². The number of benzene rings is 2. The van der Waals surface area contributed by atoms with E-state index in [-0.39, 0.29) is 30.4 Å². The van der Waals surface area contributed by atoms with E-state index in [1.54, 1.807) is 65.6 Å². The summed E-state index contributed by atoms with van der Waals surface area (Å²) in [6, 6.07) is 15.3. The van der Waals surface area contributed by atoms with Crippen LogP contribution in [0.1, 0.15) is 80.3 Å². The van der Waals surface area contributed by atoms with Gasteiger partial charge in [0, 0.05) is 56.4 Å². The van der Waals surface area contributed by atoms with E-state index in [1.807, 2.05) is 18.2 Å². The van der Waals surface area contributed by atoms with E-state index in [0.717, 1.165) is 24.0 Å². The van der Waals surface area contributed by atoms with Gasteiger partial charge in [0.1, 0.15) is 11.9 Å². The van der Waals surface area contributed by atoms with Gasteiger partial charge in [0.25, 0.3) is 17.7 Å². The minimum absolute atomic E-state index is 0.0426. The third kappa shape index (κ3) is 5.71. The number of nitrogens with zero attached hydrogens (tertiary/aromatic N) is 4. The van der Waals surface area contributed by atoms with Gasteiger partial charge in [-0.3, -0.25) is 33.9 Å². The van der Waals surface area contributed by atoms with Crippen LogP contribution in [-0.2, 0) is 16.0 Å². The van der Waals surface area contributed by atoms with Crippen LogP contribution >= 0.6 is 0 Å². The Bertz CT molecular complexity index is 1730. The molecular weight excluding hydrogens is 610 g/mol. The van der Waals surface area contributed by atoms with Crippen LogP contribution in [0, 0.1) is 11.8 Å². The highest BCUT2D eigenvalue weighted by molar-refractivity contribution is 6.21. The Balaban J connectivity index is 1.21. The number of ether oxygens (including phenoxy) is 1. The molecule has 5 amide bonds. The zero-order valence-electron chi connectivity index (χ0n) is 27.0. The SMILES string of the molecule is CNC(=O)[C@H]1CCCC[C@H]1C(=O)N1CCc2cccc(O[C@H]3CCN(C(=O)c4cccnc4)C3)c2[C@H]1CN1C(=O)c2ccccc2C1=O. The van der Waals surface area contributed by atoms with Gasteiger partial charge >= 0.3 is 0 Å². The Kier molecular flexibility index (Phi) is 8.68. The summed E-state index contributed by atoms with van der Waals surface area (Å²) in [5.41, 5.74) is 2.95. The smallest absolute Gasteiger partial charge is 0.261 e. The standard InChI is InChI=1S/C37H39N5O6/c1-38-33(43)26-10-2-3-11-27(26)35(45)41-19-15-23-8-6-14-31(48-25-16-18-40(21-25)34(44)24-9-7-17-39-20-24)32(23)30(41)22-42-36(46)28-12-4-5-13-29(28)37(42)47/h4-9,12-14,17,20,25-27,30H,2-3,10-11,15-16,18-19,21-22H2,1H3,(H,38,43)/t25-,26-,27+,30+/m0/s1. The minimum Gasteiger partial charge on any atom is -0.488 e. The number of aromatic nitrogens is 1. The molecule has 1 N–H and O–H groups in total. The second kappa shape index (κ2) is 13.2. The Morgan fingerprint density at radius 2 is 1.65 bits per heavy atom. The normalized spacial score (nSPS) is 23.5. The predicted octanol–water partition coefficient (Wildman–Crippen LogP) is 3.65. The molecule has 11 heteroatoms. The molecule has 0 radical (unpaired) electrons. The number of hydrogen-bond acceptors (Lipinski definition) is 7. The van der Waals surface area contributed by atoms with Crippen molar-refractivity contribution in [2.45, 2.75) is 50.7 Å². The molecule has 1 saturated carbocycles. The summed E-state index contributed by atoms with van der Waals surface area (Å²) in [7, 11) is 1.60. The van der Waals surface area contributed by atoms with Crippen molar-refractivity contribution in [1.29, 1.82) is 0 Å². The maximum absolute atomic E-state index is 14.5. The van der Waals surface area contributed by atoms with E-state index in [4.69, 9.17) is 4.74 Å². The summed E-state index contributed by atoms with van der Waals surface area (Å²) in [5, 5.41) is 2.74. The molecule has 4 aliphatic rings. The van der Waals surface area contributed by atoms with Crippen LogP contribution in [0.25, 0.3) is 0 Å². The second-order valence-electron chi connectivity index (χ2n) is 13.0. The maximum Gasteiger partial charge on any atom is 0.261 e. The summed E-state index contributed by atoms with van der Waals surface area (Å²) in [6.07, 6.45) is 7.03. The molecule has 48 heavy (non-hydrogen) atoms. The zero-order chi connectivity index (χ0) is 33.4. The van der Waals surface area contributed by atoms with Gasteiger partial charge in [0.05, 0.1) is 35.8 Å². The largest absolute Gasteiger partial charge is 0.488 e. The van der Waals surface area contributed by atoms with E-state index in [1.165, 1.54) is 4.90 Å². The van der Waals surface area contributed by atoms with Crippen LogP contribution < -0.4 is 10.1 Å². The Morgan fingerprint density at radius 1 is 0.896 bits per heavy atom. The fraction of sp³-hybridized carbons (Fsp3) is 0.405. The van der Waals surface area contributed by atoms with E-state index in [2.05, 4.69) is 10.3 Å². The van der Waals surface area contributed by atoms with E-state index >= 15 is 0 Å². The number of pyridine rings is 1. The number of nitrogens with one attached hydrogen (secondary N) is 1. The van der Waals surface area contributed by atoms with Gasteiger partial charge in [0.15, 0.2) is 0 Å². The predicted molar refractivity (Wildman–Crippen MR) is 175 cm³/mol. The molecule has 7 rings (SSSR count). The van der Waals surface area contributed by atoms with E-state index in [9.17, 15) is 24.0 Å². The highest BCUT2D eigenvalue weighted by atomic mass is 16.5. The van der Waals surface area contributed by atoms with Crippen LogP contribution in [0.15, 0.2) is 67.0 Å². The molecule has 0 unspecified atom stereocenters. The van der Waals surface area contributed by atoms with Crippen LogP contribution in [0.4, 0.5) is 0 Å². The molecule has 2 fully saturated rings. The van der Waals surface area contributed by atoms with Gasteiger partial charge in [-0.15, -0.1) is 0 Å². The molecular formula is C37H39N5O6. The molecule has 1 aromatic heterocycles. The fourth-order valence-corrected chi connectivity index (χ4v) is 7.87. The zero-order valence-corrected chi connectivity index (χ0v) is 27.0. The average Bonchev–Trinajstić information content (AvgIpc) is 3.69. The summed E-state index contributed by atoms with van der Waals surface area (Å²) in [5.74, 6) is -1.55. The lowest BCUT2D eigenvalue weighted by Gasteiger charge is -2.43. The van der Waals surface area contributed by atoms with Crippen molar-refractivity contribution < 1.29 is 28.7 Å². The van der Waals surface area contributed by atoms with Crippen molar-refractivity contribution >= 4 is 29.5 Å². The number of fused-ring (bicyclic) bond motifs is 2. The van der Waals surface area contributed by atoms with Crippen molar-refractivity contribution in [2.75, 3.05) is 33.2 Å². The molecule has 4 atom stereocenters. The summed E-state index contributed by atoms with van der Waals surface area (Å²) in [6.45, 7) is 1.26. The van der Waals surface area contributed by atoms with E-state index in [0.29, 0.717) is 67.8 Å². The second-order valence-corrected chi connectivity index (χ2v) is 13.0. The first-order valence-electron chi connectivity index (χ1n) is 16.8. The lowest BCUT2D eigenvalue weighted by Crippen LogP contribution is -2.51. The highest BCUT2D eigenvalue weighted by Crippen LogP contribution is 2.42. The Hall–Kier alpha value is -5.06. The molecule has 0 bridgehead atoms. The first-order valence-corrected chi connectivity index (χ1v) is 16.8. The van der Waals surface area contributed by atoms with Crippen molar-refractivity contribution in [3.05, 3.63) is 94.8 Å². The average molecular weight is 650 g/mol. The van der Waals surface area contributed by atoms with Crippen molar-refractivity contribution in [3.8, 4) is 5.75 Å². The topological polar surface area (TPSA) is 129 Å². The summed E-state index contributed by atoms with van der Waals surface area (Å²) < 4.78 is 6.65. The van der Waals surface area contributed by atoms with Gasteiger partial charge in [-0.25, -0.2) is 0 Å². The number of amides is 5. The van der Waals surface area contributed by atoms with Crippen LogP contribution in [0.5, 0.6) is 5.75 Å². The molecule has 1 aliphatic carbocycles. The van der Waals surface area contributed by atoms with Gasteiger partial charge in [0.2, 0.25) is 11.8 Å². The van der Waals surface area contributed by atoms with Crippen molar-refractivity contribution in [3.63, 3.8) is 0 Å². The molecule has 248 valence electrons. The molecule has 3 aromatic rings. The molecule has 0 spiro atoms. The number of likely N-dealkylation sites (tertiary alicyclic amines) is 1. The van der Waals surface area contributed by atoms with Gasteiger partial charge < -0.3 is 19.9 Å². The first-order chi connectivity index (χ1) is 23.4. The van der Waals surface area contributed by atoms with Crippen molar-refractivity contribution in [2.24, 2.45) is 11.8 Å². The Morgan fingerprint density at radius 3 is 2.35 bits per heavy atom. The molecule has 11 nitrogen and oxygen atoms in total. The maximum atomic E-state index is 14.5. The fourth-order valence-electron chi connectivity index (χ4n) is 7.87. The molecule has 2 aromatic carbocycles. The highest BCUT2D eigenvalue weighted by Gasteiger charge is 2.45. The monoisotopic (exact) mass is 649 g/mol. The minimum atomic E-state index is -0.679. The van der Waals surface area contributed by atoms with Gasteiger partial charge in [-0.2, -0.15) is 0 Å². The number of carbonyl (C=O) groups excluding carboxylic acids is 5. The molecule has 1 saturated heterocycles. The quantitative estimate of drug-likeness (QED) is 0.387. The number of imide groups is 1. The number of carbonyl (C=O) groups is 5. The van der Waals surface area contributed by atoms with Gasteiger partial charge in [-0.1, -0.05) is 37.1 Å². The third-order valence-corrected chi connectivity index (χ3v) is 10.3. The van der Waals surface area contributed by atoms with Crippen LogP contribution in [-0.4, -0.2) is 88.6 Å². The van der Waals surface area contributed by atoms with Crippen molar-refractivity contribution in [1.82, 2.24) is 25.0 Å². The third-order valence-electron chi connectivity index (χ3n) is 10.3. The number of rotatable bonds is 7. The van der Waals surface area contributed by atoms with Gasteiger partial charge in [-0.05, 0) is 55.2 Å². The Labute approximate surface area is 279 Å². The first kappa shape index (κ1) is 31.5. The summed E-state index contributed by atoms with van der Waals surface area (Å²) >= 11 is 0.